The maximum atomic E-state index is 10.6. The summed E-state index contributed by atoms with van der Waals surface area (Å²) in [6, 6.07) is 8.41. The first kappa shape index (κ1) is 14.5. The van der Waals surface area contributed by atoms with E-state index >= 15 is 0 Å². The number of hydrogen-bond acceptors (Lipinski definition) is 3. The van der Waals surface area contributed by atoms with E-state index < -0.39 is 0 Å². The van der Waals surface area contributed by atoms with E-state index in [-0.39, 0.29) is 11.6 Å². The summed E-state index contributed by atoms with van der Waals surface area (Å²) in [5.41, 5.74) is 2.24. The minimum atomic E-state index is -0.367. The Hall–Kier alpha value is -0.900. The number of aliphatic hydroxyl groups excluding tert-OH is 1. The van der Waals surface area contributed by atoms with Gasteiger partial charge in [-0.15, -0.1) is 0 Å². The van der Waals surface area contributed by atoms with Crippen molar-refractivity contribution in [1.82, 2.24) is 4.90 Å². The Morgan fingerprint density at radius 1 is 1.21 bits per heavy atom. The largest absolute Gasteiger partial charge is 0.391 e. The Morgan fingerprint density at radius 2 is 1.79 bits per heavy atom. The SMILES string of the molecule is Cc1ccc(CC(O)C(C)(C)N2CCOCC2)cc1. The minimum Gasteiger partial charge on any atom is -0.391 e. The van der Waals surface area contributed by atoms with Crippen LogP contribution in [0.1, 0.15) is 25.0 Å². The van der Waals surface area contributed by atoms with Gasteiger partial charge in [-0.05, 0) is 26.3 Å². The van der Waals surface area contributed by atoms with Gasteiger partial charge < -0.3 is 9.84 Å². The van der Waals surface area contributed by atoms with E-state index in [9.17, 15) is 5.11 Å². The van der Waals surface area contributed by atoms with Crippen molar-refractivity contribution in [3.05, 3.63) is 35.4 Å². The summed E-state index contributed by atoms with van der Waals surface area (Å²) in [4.78, 5) is 2.33. The van der Waals surface area contributed by atoms with E-state index in [1.165, 1.54) is 11.1 Å². The molecule has 1 fully saturated rings. The van der Waals surface area contributed by atoms with Gasteiger partial charge in [0.2, 0.25) is 0 Å². The van der Waals surface area contributed by atoms with Gasteiger partial charge in [0.15, 0.2) is 0 Å². The summed E-state index contributed by atoms with van der Waals surface area (Å²) in [5, 5.41) is 10.6. The van der Waals surface area contributed by atoms with Crippen molar-refractivity contribution in [2.75, 3.05) is 26.3 Å². The zero-order chi connectivity index (χ0) is 13.9. The molecule has 0 saturated carbocycles. The van der Waals surface area contributed by atoms with Gasteiger partial charge in [0.1, 0.15) is 0 Å². The second kappa shape index (κ2) is 6.04. The Labute approximate surface area is 116 Å². The van der Waals surface area contributed by atoms with Crippen molar-refractivity contribution in [2.24, 2.45) is 0 Å². The second-order valence-corrected chi connectivity index (χ2v) is 5.96. The Balaban J connectivity index is 2.00. The molecule has 1 aliphatic rings. The van der Waals surface area contributed by atoms with Crippen LogP contribution in [-0.4, -0.2) is 48.0 Å². The molecule has 1 aromatic rings. The topological polar surface area (TPSA) is 32.7 Å². The van der Waals surface area contributed by atoms with Gasteiger partial charge >= 0.3 is 0 Å². The fourth-order valence-electron chi connectivity index (χ4n) is 2.55. The van der Waals surface area contributed by atoms with E-state index in [0.29, 0.717) is 6.42 Å². The summed E-state index contributed by atoms with van der Waals surface area (Å²) in [7, 11) is 0. The molecule has 3 nitrogen and oxygen atoms in total. The van der Waals surface area contributed by atoms with Gasteiger partial charge in [-0.3, -0.25) is 4.90 Å². The van der Waals surface area contributed by atoms with Crippen LogP contribution in [0.3, 0.4) is 0 Å². The van der Waals surface area contributed by atoms with E-state index in [0.717, 1.165) is 26.3 Å². The summed E-state index contributed by atoms with van der Waals surface area (Å²) >= 11 is 0. The first-order chi connectivity index (χ1) is 9.00. The number of nitrogens with zero attached hydrogens (tertiary/aromatic N) is 1. The Morgan fingerprint density at radius 3 is 2.37 bits per heavy atom. The lowest BCUT2D eigenvalue weighted by Crippen LogP contribution is -2.56. The van der Waals surface area contributed by atoms with E-state index in [2.05, 4.69) is 49.9 Å². The molecule has 1 aliphatic heterocycles. The highest BCUT2D eigenvalue weighted by Gasteiger charge is 2.35. The fourth-order valence-corrected chi connectivity index (χ4v) is 2.55. The average molecular weight is 263 g/mol. The predicted octanol–water partition coefficient (Wildman–Crippen LogP) is 2.01. The van der Waals surface area contributed by atoms with Gasteiger partial charge in [0.05, 0.1) is 19.3 Å². The van der Waals surface area contributed by atoms with Crippen LogP contribution in [0.4, 0.5) is 0 Å². The van der Waals surface area contributed by atoms with Crippen LogP contribution >= 0.6 is 0 Å². The number of hydrogen-bond donors (Lipinski definition) is 1. The molecule has 0 aromatic heterocycles. The van der Waals surface area contributed by atoms with Crippen LogP contribution in [0.2, 0.25) is 0 Å². The molecular weight excluding hydrogens is 238 g/mol. The van der Waals surface area contributed by atoms with Crippen LogP contribution in [0.25, 0.3) is 0 Å². The van der Waals surface area contributed by atoms with Crippen LogP contribution in [0, 0.1) is 6.92 Å². The molecule has 1 unspecified atom stereocenters. The molecule has 0 aliphatic carbocycles. The highest BCUT2D eigenvalue weighted by atomic mass is 16.5. The number of rotatable bonds is 4. The standard InChI is InChI=1S/C16H25NO2/c1-13-4-6-14(7-5-13)12-15(18)16(2,3)17-8-10-19-11-9-17/h4-7,15,18H,8-12H2,1-3H3. The molecule has 1 saturated heterocycles. The zero-order valence-corrected chi connectivity index (χ0v) is 12.2. The predicted molar refractivity (Wildman–Crippen MR) is 77.4 cm³/mol. The van der Waals surface area contributed by atoms with Crippen LogP contribution < -0.4 is 0 Å². The molecule has 1 atom stereocenters. The van der Waals surface area contributed by atoms with Crippen molar-refractivity contribution in [1.29, 1.82) is 0 Å². The Kier molecular flexibility index (Phi) is 4.61. The minimum absolute atomic E-state index is 0.214. The van der Waals surface area contributed by atoms with Crippen molar-refractivity contribution in [2.45, 2.75) is 38.8 Å². The number of morpholine rings is 1. The highest BCUT2D eigenvalue weighted by Crippen LogP contribution is 2.23. The maximum absolute atomic E-state index is 10.6. The smallest absolute Gasteiger partial charge is 0.0758 e. The summed E-state index contributed by atoms with van der Waals surface area (Å²) < 4.78 is 5.38. The Bertz CT molecular complexity index is 394. The number of ether oxygens (including phenoxy) is 1. The van der Waals surface area contributed by atoms with Crippen molar-refractivity contribution >= 4 is 0 Å². The lowest BCUT2D eigenvalue weighted by atomic mass is 9.89. The molecule has 1 N–H and O–H groups in total. The molecule has 19 heavy (non-hydrogen) atoms. The fraction of sp³-hybridized carbons (Fsp3) is 0.625. The molecule has 1 aromatic carbocycles. The highest BCUT2D eigenvalue weighted by molar-refractivity contribution is 5.22. The lowest BCUT2D eigenvalue weighted by molar-refractivity contribution is -0.0612. The zero-order valence-electron chi connectivity index (χ0n) is 12.2. The maximum Gasteiger partial charge on any atom is 0.0758 e. The third-order valence-corrected chi connectivity index (χ3v) is 4.19. The van der Waals surface area contributed by atoms with Crippen molar-refractivity contribution in [3.8, 4) is 0 Å². The molecule has 1 heterocycles. The molecule has 0 amide bonds. The second-order valence-electron chi connectivity index (χ2n) is 5.96. The van der Waals surface area contributed by atoms with E-state index in [1.54, 1.807) is 0 Å². The molecule has 0 radical (unpaired) electrons. The first-order valence-electron chi connectivity index (χ1n) is 7.06. The third-order valence-electron chi connectivity index (χ3n) is 4.19. The monoisotopic (exact) mass is 263 g/mol. The van der Waals surface area contributed by atoms with Gasteiger partial charge in [-0.1, -0.05) is 29.8 Å². The van der Waals surface area contributed by atoms with Gasteiger partial charge in [0.25, 0.3) is 0 Å². The average Bonchev–Trinajstić information content (AvgIpc) is 2.42. The van der Waals surface area contributed by atoms with E-state index in [4.69, 9.17) is 4.74 Å². The molecule has 3 heteroatoms. The number of benzene rings is 1. The summed E-state index contributed by atoms with van der Waals surface area (Å²) in [5.74, 6) is 0. The lowest BCUT2D eigenvalue weighted by Gasteiger charge is -2.43. The van der Waals surface area contributed by atoms with Gasteiger partial charge in [0, 0.05) is 25.0 Å². The molecule has 106 valence electrons. The van der Waals surface area contributed by atoms with Gasteiger partial charge in [-0.2, -0.15) is 0 Å². The molecular formula is C16H25NO2. The number of aliphatic hydroxyl groups is 1. The van der Waals surface area contributed by atoms with Crippen molar-refractivity contribution in [3.63, 3.8) is 0 Å². The first-order valence-corrected chi connectivity index (χ1v) is 7.06. The van der Waals surface area contributed by atoms with Crippen molar-refractivity contribution < 1.29 is 9.84 Å². The molecule has 2 rings (SSSR count). The van der Waals surface area contributed by atoms with Gasteiger partial charge in [-0.25, -0.2) is 0 Å². The van der Waals surface area contributed by atoms with Crippen LogP contribution in [-0.2, 0) is 11.2 Å². The molecule has 0 bridgehead atoms. The third kappa shape index (κ3) is 3.56. The summed E-state index contributed by atoms with van der Waals surface area (Å²) in [6.07, 6.45) is 0.332. The quantitative estimate of drug-likeness (QED) is 0.902. The normalized spacial score (nSPS) is 19.4. The number of aryl methyl sites for hydroxylation is 1. The van der Waals surface area contributed by atoms with Crippen LogP contribution in [0.5, 0.6) is 0 Å². The van der Waals surface area contributed by atoms with E-state index in [1.807, 2.05) is 0 Å². The summed E-state index contributed by atoms with van der Waals surface area (Å²) in [6.45, 7) is 9.66. The molecule has 0 spiro atoms. The van der Waals surface area contributed by atoms with Crippen LogP contribution in [0.15, 0.2) is 24.3 Å².